The number of unbranched alkanes of at least 4 members (excludes halogenated alkanes) is 6. The largest absolute Gasteiger partial charge is 0.413 e. The molecule has 0 aromatic heterocycles. The van der Waals surface area contributed by atoms with Gasteiger partial charge in [0.25, 0.3) is 5.90 Å². The van der Waals surface area contributed by atoms with Crippen LogP contribution >= 0.6 is 19.5 Å². The summed E-state index contributed by atoms with van der Waals surface area (Å²) < 4.78 is 29.7. The van der Waals surface area contributed by atoms with Crippen LogP contribution in [0.1, 0.15) is 65.2 Å². The predicted molar refractivity (Wildman–Crippen MR) is 118 cm³/mol. The van der Waals surface area contributed by atoms with Crippen molar-refractivity contribution in [1.29, 1.82) is 0 Å². The van der Waals surface area contributed by atoms with E-state index in [-0.39, 0.29) is 5.90 Å². The molecule has 11 heteroatoms. The second-order valence-electron chi connectivity index (χ2n) is 6.28. The van der Waals surface area contributed by atoms with Crippen molar-refractivity contribution in [1.82, 2.24) is 10.4 Å². The zero-order valence-electron chi connectivity index (χ0n) is 18.4. The van der Waals surface area contributed by atoms with Crippen LogP contribution in [0.25, 0.3) is 0 Å². The minimum Gasteiger partial charge on any atom is -0.396 e. The van der Waals surface area contributed by atoms with Gasteiger partial charge in [-0.1, -0.05) is 52.4 Å². The molecule has 2 atom stereocenters. The van der Waals surface area contributed by atoms with E-state index in [2.05, 4.69) is 29.4 Å². The minimum absolute atomic E-state index is 0.151. The van der Waals surface area contributed by atoms with Gasteiger partial charge in [-0.05, 0) is 24.3 Å². The normalized spacial score (nSPS) is 14.9. The number of hydrogen-bond acceptors (Lipinski definition) is 8. The Hall–Kier alpha value is -0.800. The summed E-state index contributed by atoms with van der Waals surface area (Å²) >= 11 is 1.16. The number of amides is 1. The van der Waals surface area contributed by atoms with Crippen LogP contribution in [0, 0.1) is 0 Å². The highest BCUT2D eigenvalue weighted by Crippen LogP contribution is 2.47. The topological polar surface area (TPSA) is 107 Å². The van der Waals surface area contributed by atoms with Crippen LogP contribution in [0.5, 0.6) is 0 Å². The number of nitrogens with zero attached hydrogens (tertiary/aromatic N) is 1. The van der Waals surface area contributed by atoms with E-state index in [4.69, 9.17) is 18.6 Å². The lowest BCUT2D eigenvalue weighted by Gasteiger charge is -2.24. The van der Waals surface area contributed by atoms with Crippen molar-refractivity contribution in [3.8, 4) is 0 Å². The van der Waals surface area contributed by atoms with Gasteiger partial charge in [0.05, 0.1) is 6.61 Å². The Labute approximate surface area is 179 Å². The van der Waals surface area contributed by atoms with E-state index in [1.165, 1.54) is 14.2 Å². The first-order valence-corrected chi connectivity index (χ1v) is 13.0. The smallest absolute Gasteiger partial charge is 0.396 e. The second-order valence-corrected chi connectivity index (χ2v) is 8.96. The van der Waals surface area contributed by atoms with Crippen LogP contribution in [0.4, 0.5) is 4.79 Å². The third-order valence-electron chi connectivity index (χ3n) is 3.83. The van der Waals surface area contributed by atoms with Gasteiger partial charge in [-0.2, -0.15) is 0 Å². The van der Waals surface area contributed by atoms with E-state index in [0.29, 0.717) is 13.2 Å². The van der Waals surface area contributed by atoms with Crippen molar-refractivity contribution < 1.29 is 28.0 Å². The maximum Gasteiger partial charge on any atom is 0.413 e. The van der Waals surface area contributed by atoms with Gasteiger partial charge < -0.3 is 14.9 Å². The summed E-state index contributed by atoms with van der Waals surface area (Å²) in [4.78, 5) is 16.3. The van der Waals surface area contributed by atoms with Gasteiger partial charge in [-0.3, -0.25) is 9.05 Å². The van der Waals surface area contributed by atoms with Crippen LogP contribution in [0.2, 0.25) is 0 Å². The summed E-state index contributed by atoms with van der Waals surface area (Å²) in [6.07, 6.45) is 9.09. The number of hydrogen-bond donors (Lipinski definition) is 2. The average molecular weight is 456 g/mol. The zero-order chi connectivity index (χ0) is 22.0. The fourth-order valence-corrected chi connectivity index (χ4v) is 4.60. The Morgan fingerprint density at radius 1 is 1.10 bits per heavy atom. The molecule has 0 saturated carbocycles. The molecule has 0 aliphatic carbocycles. The number of rotatable bonds is 17. The van der Waals surface area contributed by atoms with Crippen LogP contribution < -0.4 is 10.4 Å². The summed E-state index contributed by atoms with van der Waals surface area (Å²) in [6.45, 7) is 5.07. The number of thioether (sulfide) groups is 1. The number of ether oxygens (including phenoxy) is 1. The molecule has 0 aromatic carbocycles. The van der Waals surface area contributed by atoms with E-state index in [0.717, 1.165) is 63.1 Å². The molecule has 29 heavy (non-hydrogen) atoms. The maximum absolute atomic E-state index is 13.3. The number of alkyl carbamates (subject to hydrolysis) is 1. The van der Waals surface area contributed by atoms with Gasteiger partial charge in [0, 0.05) is 13.6 Å². The molecule has 2 N–H and O–H groups in total. The van der Waals surface area contributed by atoms with Crippen LogP contribution in [0.3, 0.4) is 0 Å². The van der Waals surface area contributed by atoms with Crippen LogP contribution in [-0.2, 0) is 23.2 Å². The highest BCUT2D eigenvalue weighted by atomic mass is 32.2. The summed E-state index contributed by atoms with van der Waals surface area (Å²) in [6, 6.07) is 0. The molecule has 9 nitrogen and oxygen atoms in total. The molecular weight excluding hydrogens is 417 g/mol. The molecule has 0 fully saturated rings. The van der Waals surface area contributed by atoms with E-state index in [1.54, 1.807) is 6.26 Å². The summed E-state index contributed by atoms with van der Waals surface area (Å²) in [5.74, 6) is -0.151. The Kier molecular flexibility index (Phi) is 17.5. The Balaban J connectivity index is 5.09. The molecule has 2 unspecified atom stereocenters. The quantitative estimate of drug-likeness (QED) is 0.0798. The number of carbonyl (C=O) groups excluding carboxylic acids is 1. The second kappa shape index (κ2) is 18.0. The fourth-order valence-electron chi connectivity index (χ4n) is 2.26. The van der Waals surface area contributed by atoms with Gasteiger partial charge in [0.2, 0.25) is 0 Å². The monoisotopic (exact) mass is 455 g/mol. The maximum atomic E-state index is 13.3. The molecule has 0 aromatic rings. The van der Waals surface area contributed by atoms with E-state index in [1.807, 2.05) is 0 Å². The number of nitrogens with one attached hydrogen (secondary N) is 2. The molecule has 0 heterocycles. The molecule has 1 amide bonds. The minimum atomic E-state index is -3.64. The lowest BCUT2D eigenvalue weighted by atomic mass is 10.2. The molecule has 0 spiro atoms. The van der Waals surface area contributed by atoms with Gasteiger partial charge >= 0.3 is 13.8 Å². The van der Waals surface area contributed by atoms with Gasteiger partial charge in [-0.15, -0.1) is 11.8 Å². The highest BCUT2D eigenvalue weighted by Gasteiger charge is 2.33. The number of oxime groups is 1. The third-order valence-corrected chi connectivity index (χ3v) is 6.32. The van der Waals surface area contributed by atoms with Gasteiger partial charge in [0.1, 0.15) is 7.11 Å². The first kappa shape index (κ1) is 28.2. The molecular formula is C18H38N3O6PS. The molecule has 0 radical (unpaired) electrons. The Morgan fingerprint density at radius 3 is 2.31 bits per heavy atom. The molecule has 0 bridgehead atoms. The average Bonchev–Trinajstić information content (AvgIpc) is 2.71. The Bertz CT molecular complexity index is 492. The molecule has 0 rings (SSSR count). The van der Waals surface area contributed by atoms with Gasteiger partial charge in [0.15, 0.2) is 5.44 Å². The molecule has 172 valence electrons. The highest BCUT2D eigenvalue weighted by molar-refractivity contribution is 7.99. The lowest BCUT2D eigenvalue weighted by Crippen LogP contribution is -2.32. The van der Waals surface area contributed by atoms with E-state index >= 15 is 0 Å². The van der Waals surface area contributed by atoms with E-state index in [9.17, 15) is 9.36 Å². The van der Waals surface area contributed by atoms with Crippen LogP contribution in [-0.4, -0.2) is 51.0 Å². The standard InChI is InChI=1S/C18H38N3O6PS/c1-6-8-10-12-14-20-28(23,25-15-13-11-9-7-2)27-17(29-5)16(21-24-4)26-18(22)19-3/h17H,6-15H2,1-5H3,(H,19,22)(H,20,23). The van der Waals surface area contributed by atoms with Crippen molar-refractivity contribution in [2.45, 2.75) is 70.7 Å². The van der Waals surface area contributed by atoms with Crippen molar-refractivity contribution in [3.05, 3.63) is 0 Å². The SMILES string of the molecule is CCCCCCNP(=O)(OCCCCCC)OC(SC)C(=NOC)OC(=O)NC. The van der Waals surface area contributed by atoms with Crippen molar-refractivity contribution in [2.75, 3.05) is 33.6 Å². The number of carbonyl (C=O) groups is 1. The lowest BCUT2D eigenvalue weighted by molar-refractivity contribution is 0.158. The first-order valence-electron chi connectivity index (χ1n) is 10.2. The van der Waals surface area contributed by atoms with Crippen LogP contribution in [0.15, 0.2) is 5.16 Å². The molecule has 0 aliphatic rings. The fraction of sp³-hybridized carbons (Fsp3) is 0.889. The third kappa shape index (κ3) is 13.9. The predicted octanol–water partition coefficient (Wildman–Crippen LogP) is 4.88. The summed E-state index contributed by atoms with van der Waals surface area (Å²) in [5, 5.41) is 8.94. The van der Waals surface area contributed by atoms with Crippen molar-refractivity contribution in [3.63, 3.8) is 0 Å². The van der Waals surface area contributed by atoms with E-state index < -0.39 is 19.3 Å². The summed E-state index contributed by atoms with van der Waals surface area (Å²) in [7, 11) is -0.897. The molecule has 0 aliphatic heterocycles. The van der Waals surface area contributed by atoms with Crippen molar-refractivity contribution >= 4 is 31.5 Å². The first-order chi connectivity index (χ1) is 14.0. The van der Waals surface area contributed by atoms with Gasteiger partial charge in [-0.25, -0.2) is 14.4 Å². The summed E-state index contributed by atoms with van der Waals surface area (Å²) in [5.41, 5.74) is -0.947. The molecule has 0 saturated heterocycles. The van der Waals surface area contributed by atoms with Crippen molar-refractivity contribution in [2.24, 2.45) is 5.16 Å². The Morgan fingerprint density at radius 2 is 1.76 bits per heavy atom. The zero-order valence-corrected chi connectivity index (χ0v) is 20.1.